The molecular weight excluding hydrogens is 268 g/mol. The Morgan fingerprint density at radius 3 is 2.76 bits per heavy atom. The number of hydrogen-bond donors (Lipinski definition) is 2. The molecule has 5 nitrogen and oxygen atoms in total. The van der Waals surface area contributed by atoms with Gasteiger partial charge < -0.3 is 20.5 Å². The van der Waals surface area contributed by atoms with Crippen LogP contribution in [0.15, 0.2) is 24.3 Å². The molecule has 0 unspecified atom stereocenters. The van der Waals surface area contributed by atoms with Crippen molar-refractivity contribution in [1.29, 1.82) is 0 Å². The molecule has 116 valence electrons. The van der Waals surface area contributed by atoms with Crippen LogP contribution in [0, 0.1) is 0 Å². The Morgan fingerprint density at radius 1 is 1.33 bits per heavy atom. The molecule has 1 saturated carbocycles. The highest BCUT2D eigenvalue weighted by Gasteiger charge is 2.34. The largest absolute Gasteiger partial charge is 0.491 e. The quantitative estimate of drug-likeness (QED) is 0.750. The number of carbonyl (C=O) groups is 1. The van der Waals surface area contributed by atoms with Crippen molar-refractivity contribution in [2.45, 2.75) is 31.2 Å². The number of methoxy groups -OCH3 is 1. The second kappa shape index (κ2) is 7.43. The highest BCUT2D eigenvalue weighted by atomic mass is 16.5. The van der Waals surface area contributed by atoms with E-state index in [0.29, 0.717) is 31.1 Å². The molecule has 0 aromatic heterocycles. The van der Waals surface area contributed by atoms with Crippen molar-refractivity contribution in [2.75, 3.05) is 26.9 Å². The van der Waals surface area contributed by atoms with Gasteiger partial charge in [-0.15, -0.1) is 0 Å². The van der Waals surface area contributed by atoms with Gasteiger partial charge in [-0.25, -0.2) is 0 Å². The number of amides is 1. The van der Waals surface area contributed by atoms with Crippen molar-refractivity contribution in [3.8, 4) is 5.75 Å². The summed E-state index contributed by atoms with van der Waals surface area (Å²) >= 11 is 0. The van der Waals surface area contributed by atoms with Crippen molar-refractivity contribution in [3.63, 3.8) is 0 Å². The van der Waals surface area contributed by atoms with Crippen molar-refractivity contribution in [3.05, 3.63) is 29.8 Å². The third-order valence-corrected chi connectivity index (χ3v) is 3.98. The second-order valence-corrected chi connectivity index (χ2v) is 5.51. The monoisotopic (exact) mass is 292 g/mol. The highest BCUT2D eigenvalue weighted by Crippen LogP contribution is 2.29. The summed E-state index contributed by atoms with van der Waals surface area (Å²) in [5, 5.41) is 3.11. The zero-order valence-corrected chi connectivity index (χ0v) is 12.6. The third kappa shape index (κ3) is 4.19. The van der Waals surface area contributed by atoms with Gasteiger partial charge in [0.1, 0.15) is 12.4 Å². The molecule has 21 heavy (non-hydrogen) atoms. The van der Waals surface area contributed by atoms with Crippen LogP contribution in [0.25, 0.3) is 0 Å². The lowest BCUT2D eigenvalue weighted by molar-refractivity contribution is 0.0902. The fourth-order valence-electron chi connectivity index (χ4n) is 2.71. The summed E-state index contributed by atoms with van der Waals surface area (Å²) in [6.07, 6.45) is 4.16. The van der Waals surface area contributed by atoms with Gasteiger partial charge in [-0.3, -0.25) is 4.79 Å². The van der Waals surface area contributed by atoms with Gasteiger partial charge in [0.15, 0.2) is 0 Å². The molecule has 1 aliphatic carbocycles. The summed E-state index contributed by atoms with van der Waals surface area (Å²) in [7, 11) is 1.63. The molecule has 3 N–H and O–H groups in total. The van der Waals surface area contributed by atoms with E-state index in [4.69, 9.17) is 15.2 Å². The van der Waals surface area contributed by atoms with Crippen LogP contribution in [-0.2, 0) is 4.74 Å². The third-order valence-electron chi connectivity index (χ3n) is 3.98. The van der Waals surface area contributed by atoms with E-state index in [0.717, 1.165) is 25.7 Å². The van der Waals surface area contributed by atoms with Gasteiger partial charge in [-0.1, -0.05) is 18.9 Å². The van der Waals surface area contributed by atoms with Gasteiger partial charge in [0.2, 0.25) is 0 Å². The van der Waals surface area contributed by atoms with E-state index in [2.05, 4.69) is 5.32 Å². The number of nitrogens with one attached hydrogen (secondary N) is 1. The first-order valence-electron chi connectivity index (χ1n) is 7.43. The molecule has 0 heterocycles. The summed E-state index contributed by atoms with van der Waals surface area (Å²) in [6.45, 7) is 1.48. The minimum Gasteiger partial charge on any atom is -0.491 e. The number of carbonyl (C=O) groups excluding carboxylic acids is 1. The molecule has 1 aliphatic rings. The number of hydrogen-bond acceptors (Lipinski definition) is 4. The summed E-state index contributed by atoms with van der Waals surface area (Å²) in [5.41, 5.74) is 6.22. The Morgan fingerprint density at radius 2 is 2.10 bits per heavy atom. The summed E-state index contributed by atoms with van der Waals surface area (Å²) in [6, 6.07) is 7.20. The second-order valence-electron chi connectivity index (χ2n) is 5.51. The molecule has 2 rings (SSSR count). The summed E-state index contributed by atoms with van der Waals surface area (Å²) in [4.78, 5) is 12.4. The molecule has 0 radical (unpaired) electrons. The first-order chi connectivity index (χ1) is 10.2. The Hall–Kier alpha value is -1.59. The lowest BCUT2D eigenvalue weighted by Crippen LogP contribution is -2.51. The molecule has 1 aromatic carbocycles. The Kier molecular flexibility index (Phi) is 5.59. The predicted octanol–water partition coefficient (Wildman–Crippen LogP) is 1.71. The molecule has 1 fully saturated rings. The maximum Gasteiger partial charge on any atom is 0.251 e. The smallest absolute Gasteiger partial charge is 0.251 e. The van der Waals surface area contributed by atoms with E-state index >= 15 is 0 Å². The topological polar surface area (TPSA) is 73.6 Å². The van der Waals surface area contributed by atoms with Gasteiger partial charge in [0, 0.05) is 19.2 Å². The maximum atomic E-state index is 12.4. The summed E-state index contributed by atoms with van der Waals surface area (Å²) in [5.74, 6) is 0.590. The van der Waals surface area contributed by atoms with Crippen LogP contribution in [0.2, 0.25) is 0 Å². The molecule has 0 atom stereocenters. The zero-order chi connectivity index (χ0) is 15.1. The van der Waals surface area contributed by atoms with Crippen molar-refractivity contribution >= 4 is 5.91 Å². The minimum absolute atomic E-state index is 0.0838. The van der Waals surface area contributed by atoms with Crippen LogP contribution < -0.4 is 15.8 Å². The molecule has 1 amide bonds. The van der Waals surface area contributed by atoms with Crippen molar-refractivity contribution in [1.82, 2.24) is 5.32 Å². The predicted molar refractivity (Wildman–Crippen MR) is 81.5 cm³/mol. The van der Waals surface area contributed by atoms with E-state index in [1.807, 2.05) is 12.1 Å². The van der Waals surface area contributed by atoms with Crippen molar-refractivity contribution < 1.29 is 14.3 Å². The first kappa shape index (κ1) is 15.8. The van der Waals surface area contributed by atoms with E-state index < -0.39 is 0 Å². The average molecular weight is 292 g/mol. The van der Waals surface area contributed by atoms with Crippen LogP contribution in [0.1, 0.15) is 36.0 Å². The lowest BCUT2D eigenvalue weighted by Gasteiger charge is -2.28. The number of benzene rings is 1. The Bertz CT molecular complexity index is 470. The SMILES string of the molecule is COCCOc1cccc(C(=O)NC2(CN)CCCC2)c1. The maximum absolute atomic E-state index is 12.4. The lowest BCUT2D eigenvalue weighted by atomic mass is 9.97. The van der Waals surface area contributed by atoms with Gasteiger partial charge in [-0.05, 0) is 31.0 Å². The Balaban J connectivity index is 2.00. The molecular formula is C16H24N2O3. The van der Waals surface area contributed by atoms with Gasteiger partial charge >= 0.3 is 0 Å². The van der Waals surface area contributed by atoms with Crippen molar-refractivity contribution in [2.24, 2.45) is 5.73 Å². The Labute approximate surface area is 125 Å². The molecule has 1 aromatic rings. The normalized spacial score (nSPS) is 16.7. The van der Waals surface area contributed by atoms with Crippen LogP contribution >= 0.6 is 0 Å². The van der Waals surface area contributed by atoms with Crippen LogP contribution in [0.5, 0.6) is 5.75 Å². The zero-order valence-electron chi connectivity index (χ0n) is 12.6. The van der Waals surface area contributed by atoms with E-state index in [-0.39, 0.29) is 11.4 Å². The fourth-order valence-corrected chi connectivity index (χ4v) is 2.71. The van der Waals surface area contributed by atoms with E-state index in [1.165, 1.54) is 0 Å². The minimum atomic E-state index is -0.232. The standard InChI is InChI=1S/C16H24N2O3/c1-20-9-10-21-14-6-4-5-13(11-14)15(19)18-16(12-17)7-2-3-8-16/h4-6,11H,2-3,7-10,12,17H2,1H3,(H,18,19). The molecule has 0 saturated heterocycles. The molecule has 0 spiro atoms. The van der Waals surface area contributed by atoms with Crippen LogP contribution in [0.3, 0.4) is 0 Å². The van der Waals surface area contributed by atoms with Gasteiger partial charge in [0.05, 0.1) is 12.1 Å². The average Bonchev–Trinajstić information content (AvgIpc) is 2.97. The highest BCUT2D eigenvalue weighted by molar-refractivity contribution is 5.95. The fraction of sp³-hybridized carbons (Fsp3) is 0.562. The number of rotatable bonds is 7. The first-order valence-corrected chi connectivity index (χ1v) is 7.43. The number of nitrogens with two attached hydrogens (primary N) is 1. The van der Waals surface area contributed by atoms with E-state index in [1.54, 1.807) is 19.2 Å². The molecule has 0 bridgehead atoms. The summed E-state index contributed by atoms with van der Waals surface area (Å²) < 4.78 is 10.5. The van der Waals surface area contributed by atoms with Gasteiger partial charge in [-0.2, -0.15) is 0 Å². The van der Waals surface area contributed by atoms with Crippen LogP contribution in [-0.4, -0.2) is 38.3 Å². The molecule has 5 heteroatoms. The number of ether oxygens (including phenoxy) is 2. The van der Waals surface area contributed by atoms with Gasteiger partial charge in [0.25, 0.3) is 5.91 Å². The van der Waals surface area contributed by atoms with Crippen LogP contribution in [0.4, 0.5) is 0 Å². The molecule has 0 aliphatic heterocycles. The van der Waals surface area contributed by atoms with E-state index in [9.17, 15) is 4.79 Å².